The molecule has 2 atom stereocenters. The molecule has 1 aromatic rings. The van der Waals surface area contributed by atoms with E-state index in [1.165, 1.54) is 0 Å². The number of nitrogens with one attached hydrogen (secondary N) is 1. The van der Waals surface area contributed by atoms with Gasteiger partial charge in [-0.25, -0.2) is 0 Å². The van der Waals surface area contributed by atoms with Crippen LogP contribution in [0.5, 0.6) is 5.75 Å². The van der Waals surface area contributed by atoms with E-state index < -0.39 is 6.10 Å². The van der Waals surface area contributed by atoms with Crippen molar-refractivity contribution in [3.63, 3.8) is 0 Å². The summed E-state index contributed by atoms with van der Waals surface area (Å²) in [7, 11) is 0. The Morgan fingerprint density at radius 2 is 2.06 bits per heavy atom. The van der Waals surface area contributed by atoms with Gasteiger partial charge in [0.1, 0.15) is 17.6 Å². The highest BCUT2D eigenvalue weighted by Gasteiger charge is 2.29. The second-order valence-electron chi connectivity index (χ2n) is 9.52. The highest BCUT2D eigenvalue weighted by molar-refractivity contribution is 6.32. The van der Waals surface area contributed by atoms with Crippen LogP contribution < -0.4 is 10.1 Å². The maximum absolute atomic E-state index is 11.3. The molecule has 1 heterocycles. The Balaban J connectivity index is 1.67. The molecule has 1 saturated carbocycles. The highest BCUT2D eigenvalue weighted by atomic mass is 35.5. The van der Waals surface area contributed by atoms with Crippen LogP contribution >= 0.6 is 11.6 Å². The lowest BCUT2D eigenvalue weighted by Crippen LogP contribution is -2.49. The number of benzene rings is 1. The van der Waals surface area contributed by atoms with Crippen LogP contribution in [0.1, 0.15) is 57.6 Å². The lowest BCUT2D eigenvalue weighted by molar-refractivity contribution is 0.0844. The van der Waals surface area contributed by atoms with Crippen molar-refractivity contribution >= 4 is 17.3 Å². The molecule has 2 aliphatic rings. The van der Waals surface area contributed by atoms with E-state index in [-0.39, 0.29) is 12.1 Å². The number of nitrogens with zero attached hydrogens (tertiary/aromatic N) is 2. The Bertz CT molecular complexity index is 993. The molecule has 35 heavy (non-hydrogen) atoms. The third-order valence-corrected chi connectivity index (χ3v) is 6.64. The van der Waals surface area contributed by atoms with E-state index >= 15 is 0 Å². The van der Waals surface area contributed by atoms with Gasteiger partial charge in [-0.05, 0) is 76.7 Å². The van der Waals surface area contributed by atoms with Crippen molar-refractivity contribution in [2.75, 3.05) is 19.6 Å². The van der Waals surface area contributed by atoms with Crippen molar-refractivity contribution in [3.05, 3.63) is 77.0 Å². The van der Waals surface area contributed by atoms with Gasteiger partial charge in [0.25, 0.3) is 0 Å². The molecule has 3 N–H and O–H groups in total. The second kappa shape index (κ2) is 13.0. The lowest BCUT2D eigenvalue weighted by atomic mass is 9.99. The Kier molecular flexibility index (Phi) is 10.0. The summed E-state index contributed by atoms with van der Waals surface area (Å²) in [5, 5.41) is 28.3. The summed E-state index contributed by atoms with van der Waals surface area (Å²) in [5.74, 6) is 0.651. The van der Waals surface area contributed by atoms with Gasteiger partial charge in [0.2, 0.25) is 0 Å². The number of ether oxygens (including phenoxy) is 1. The third kappa shape index (κ3) is 8.27. The molecular formula is C28H38ClN3O3. The minimum absolute atomic E-state index is 0.254. The molecule has 0 aromatic heterocycles. The molecular weight excluding hydrogens is 462 g/mol. The number of likely N-dealkylation sites (tertiary alicyclic amines) is 1. The average Bonchev–Trinajstić information content (AvgIpc) is 3.60. The molecule has 1 saturated heterocycles. The molecule has 6 nitrogen and oxygen atoms in total. The summed E-state index contributed by atoms with van der Waals surface area (Å²) < 4.78 is 5.83. The third-order valence-electron chi connectivity index (χ3n) is 6.34. The minimum atomic E-state index is -0.826. The number of oxime groups is 1. The summed E-state index contributed by atoms with van der Waals surface area (Å²) in [6.07, 6.45) is 9.73. The molecule has 1 aromatic carbocycles. The van der Waals surface area contributed by atoms with Crippen LogP contribution in [0, 0.1) is 0 Å². The number of hydrogen-bond donors (Lipinski definition) is 3. The van der Waals surface area contributed by atoms with Crippen LogP contribution in [0.15, 0.2) is 71.6 Å². The van der Waals surface area contributed by atoms with Crippen LogP contribution in [0.2, 0.25) is 5.02 Å². The normalized spacial score (nSPS) is 19.0. The maximum Gasteiger partial charge on any atom is 0.138 e. The molecule has 1 aliphatic heterocycles. The molecule has 2 fully saturated rings. The predicted molar refractivity (Wildman–Crippen MR) is 143 cm³/mol. The first kappa shape index (κ1) is 27.1. The quantitative estimate of drug-likeness (QED) is 0.131. The molecule has 0 spiro atoms. The summed E-state index contributed by atoms with van der Waals surface area (Å²) >= 11 is 6.45. The van der Waals surface area contributed by atoms with Gasteiger partial charge in [-0.3, -0.25) is 0 Å². The maximum atomic E-state index is 11.3. The van der Waals surface area contributed by atoms with E-state index in [1.54, 1.807) is 12.1 Å². The molecule has 0 radical (unpaired) electrons. The number of halogens is 1. The zero-order chi connectivity index (χ0) is 25.4. The number of allylic oxidation sites excluding steroid dienone is 6. The van der Waals surface area contributed by atoms with Gasteiger partial charge in [0, 0.05) is 6.54 Å². The van der Waals surface area contributed by atoms with Gasteiger partial charge in [-0.1, -0.05) is 65.4 Å². The number of aliphatic hydroxyl groups is 1. The first-order chi connectivity index (χ1) is 16.8. The van der Waals surface area contributed by atoms with Crippen LogP contribution in [0.3, 0.4) is 0 Å². The summed E-state index contributed by atoms with van der Waals surface area (Å²) in [5.41, 5.74) is 3.95. The van der Waals surface area contributed by atoms with Crippen molar-refractivity contribution in [2.45, 2.75) is 64.2 Å². The Morgan fingerprint density at radius 3 is 2.63 bits per heavy atom. The van der Waals surface area contributed by atoms with Gasteiger partial charge in [-0.2, -0.15) is 0 Å². The van der Waals surface area contributed by atoms with Crippen LogP contribution in [-0.2, 0) is 0 Å². The molecule has 0 bridgehead atoms. The van der Waals surface area contributed by atoms with E-state index in [1.807, 2.05) is 32.1 Å². The first-order valence-electron chi connectivity index (χ1n) is 12.3. The number of aliphatic hydroxyl groups excluding tert-OH is 1. The molecule has 0 amide bonds. The monoisotopic (exact) mass is 499 g/mol. The number of rotatable bonds is 14. The van der Waals surface area contributed by atoms with Crippen molar-refractivity contribution in [3.8, 4) is 5.75 Å². The van der Waals surface area contributed by atoms with Crippen molar-refractivity contribution in [2.24, 2.45) is 5.16 Å². The zero-order valence-corrected chi connectivity index (χ0v) is 21.6. The second-order valence-corrected chi connectivity index (χ2v) is 9.93. The van der Waals surface area contributed by atoms with Crippen molar-refractivity contribution in [1.29, 1.82) is 0 Å². The number of hydrogen-bond acceptors (Lipinski definition) is 6. The fraction of sp³-hybridized carbons (Fsp3) is 0.464. The SMILES string of the molecule is C=C/C=C(C)/C=C(\C)CC/C(=N\O)C(=C)N[C@H](CN1CCC1)[C@H](O)c1ccc(OC2CC2)c(Cl)c1. The Hall–Kier alpha value is -2.54. The van der Waals surface area contributed by atoms with Gasteiger partial charge in [0.05, 0.1) is 22.9 Å². The molecule has 0 unspecified atom stereocenters. The smallest absolute Gasteiger partial charge is 0.138 e. The molecule has 190 valence electrons. The standard InChI is InChI=1S/C28H38ClN3O3/c1-5-7-19(2)16-20(3)8-12-25(31-34)21(4)30-26(18-32-14-6-15-32)28(33)22-9-13-27(24(29)17-22)35-23-10-11-23/h5,7,9,13,16-17,23,26,28,30,33-34H,1,4,6,8,10-12,14-15,18H2,2-3H3/b19-7+,20-16+,31-25+/t26-,28-/m1/s1. The summed E-state index contributed by atoms with van der Waals surface area (Å²) in [6, 6.07) is 5.11. The van der Waals surface area contributed by atoms with E-state index in [0.29, 0.717) is 40.7 Å². The van der Waals surface area contributed by atoms with Gasteiger partial charge < -0.3 is 25.3 Å². The van der Waals surface area contributed by atoms with Gasteiger partial charge in [0.15, 0.2) is 0 Å². The fourth-order valence-corrected chi connectivity index (χ4v) is 4.27. The van der Waals surface area contributed by atoms with Gasteiger partial charge in [-0.15, -0.1) is 0 Å². The summed E-state index contributed by atoms with van der Waals surface area (Å²) in [6.45, 7) is 14.5. The average molecular weight is 500 g/mol. The van der Waals surface area contributed by atoms with E-state index in [4.69, 9.17) is 16.3 Å². The Morgan fingerprint density at radius 1 is 1.31 bits per heavy atom. The van der Waals surface area contributed by atoms with E-state index in [0.717, 1.165) is 49.9 Å². The van der Waals surface area contributed by atoms with E-state index in [2.05, 4.69) is 34.6 Å². The first-order valence-corrected chi connectivity index (χ1v) is 12.7. The zero-order valence-electron chi connectivity index (χ0n) is 20.8. The topological polar surface area (TPSA) is 77.3 Å². The summed E-state index contributed by atoms with van der Waals surface area (Å²) in [4.78, 5) is 2.28. The van der Waals surface area contributed by atoms with Gasteiger partial charge >= 0.3 is 0 Å². The predicted octanol–water partition coefficient (Wildman–Crippen LogP) is 5.78. The minimum Gasteiger partial charge on any atom is -0.489 e. The van der Waals surface area contributed by atoms with E-state index in [9.17, 15) is 10.3 Å². The Labute approximate surface area is 214 Å². The van der Waals surface area contributed by atoms with Crippen LogP contribution in [0.25, 0.3) is 0 Å². The largest absolute Gasteiger partial charge is 0.489 e. The van der Waals surface area contributed by atoms with Crippen molar-refractivity contribution < 1.29 is 15.1 Å². The molecule has 7 heteroatoms. The van der Waals surface area contributed by atoms with Crippen LogP contribution in [-0.4, -0.2) is 52.7 Å². The van der Waals surface area contributed by atoms with Crippen LogP contribution in [0.4, 0.5) is 0 Å². The fourth-order valence-electron chi connectivity index (χ4n) is 4.04. The lowest BCUT2D eigenvalue weighted by Gasteiger charge is -2.37. The molecule has 3 rings (SSSR count). The molecule has 1 aliphatic carbocycles. The van der Waals surface area contributed by atoms with Crippen molar-refractivity contribution in [1.82, 2.24) is 10.2 Å². The highest BCUT2D eigenvalue weighted by Crippen LogP contribution is 2.34.